The summed E-state index contributed by atoms with van der Waals surface area (Å²) >= 11 is 0. The van der Waals surface area contributed by atoms with Crippen LogP contribution in [0.25, 0.3) is 0 Å². The largest absolute Gasteiger partial charge is 0.368 e. The number of carbonyl (C=O) groups is 3. The Labute approximate surface area is 197 Å². The maximum absolute atomic E-state index is 12.8. The van der Waals surface area contributed by atoms with Crippen molar-refractivity contribution in [3.05, 3.63) is 84.1 Å². The van der Waals surface area contributed by atoms with Crippen LogP contribution in [0.3, 0.4) is 0 Å². The Morgan fingerprint density at radius 2 is 1.41 bits per heavy atom. The van der Waals surface area contributed by atoms with Gasteiger partial charge in [0.25, 0.3) is 11.8 Å². The average molecular weight is 456 g/mol. The average Bonchev–Trinajstić information content (AvgIpc) is 3.14. The van der Waals surface area contributed by atoms with Crippen molar-refractivity contribution in [1.82, 2.24) is 9.88 Å². The van der Waals surface area contributed by atoms with Crippen molar-refractivity contribution in [1.29, 1.82) is 0 Å². The fraction of sp³-hybridized carbons (Fsp3) is 0.231. The predicted molar refractivity (Wildman–Crippen MR) is 130 cm³/mol. The molecule has 3 amide bonds. The summed E-state index contributed by atoms with van der Waals surface area (Å²) in [5.41, 5.74) is 2.39. The molecule has 8 nitrogen and oxygen atoms in total. The summed E-state index contributed by atoms with van der Waals surface area (Å²) in [6, 6.07) is 19.7. The highest BCUT2D eigenvalue weighted by Crippen LogP contribution is 2.25. The number of fused-ring (bicyclic) bond motifs is 1. The molecule has 1 atom stereocenters. The number of pyridine rings is 1. The first kappa shape index (κ1) is 21.6. The van der Waals surface area contributed by atoms with Crippen LogP contribution >= 0.6 is 0 Å². The van der Waals surface area contributed by atoms with Crippen molar-refractivity contribution in [2.45, 2.75) is 13.0 Å². The number of imide groups is 1. The highest BCUT2D eigenvalue weighted by molar-refractivity contribution is 6.23. The minimum Gasteiger partial charge on any atom is -0.368 e. The highest BCUT2D eigenvalue weighted by Gasteiger charge is 2.40. The van der Waals surface area contributed by atoms with Gasteiger partial charge in [0.15, 0.2) is 0 Å². The normalized spacial score (nSPS) is 16.4. The molecule has 1 N–H and O–H groups in total. The molecule has 1 aromatic heterocycles. The molecule has 5 rings (SSSR count). The van der Waals surface area contributed by atoms with Gasteiger partial charge in [-0.25, -0.2) is 4.98 Å². The van der Waals surface area contributed by atoms with Crippen LogP contribution in [0, 0.1) is 0 Å². The predicted octanol–water partition coefficient (Wildman–Crippen LogP) is 3.03. The third kappa shape index (κ3) is 3.98. The first-order chi connectivity index (χ1) is 16.5. The number of piperazine rings is 1. The number of benzene rings is 2. The SMILES string of the molecule is CC(C(=O)Nc1ccc(N2CCN(c3ccccc3)CC2)nc1)N1C(=O)c2ccccc2C1=O. The van der Waals surface area contributed by atoms with E-state index in [0.717, 1.165) is 36.9 Å². The molecule has 1 unspecified atom stereocenters. The third-order valence-electron chi connectivity index (χ3n) is 6.33. The van der Waals surface area contributed by atoms with Crippen molar-refractivity contribution < 1.29 is 14.4 Å². The second-order valence-electron chi connectivity index (χ2n) is 8.41. The Morgan fingerprint density at radius 3 is 2.00 bits per heavy atom. The molecule has 0 aliphatic carbocycles. The summed E-state index contributed by atoms with van der Waals surface area (Å²) in [6.45, 7) is 5.06. The number of anilines is 3. The van der Waals surface area contributed by atoms with Crippen LogP contribution in [-0.2, 0) is 4.79 Å². The number of hydrogen-bond donors (Lipinski definition) is 1. The highest BCUT2D eigenvalue weighted by atomic mass is 16.2. The summed E-state index contributed by atoms with van der Waals surface area (Å²) in [4.78, 5) is 48.2. The molecule has 0 bridgehead atoms. The smallest absolute Gasteiger partial charge is 0.262 e. The van der Waals surface area contributed by atoms with Crippen LogP contribution in [0.5, 0.6) is 0 Å². The van der Waals surface area contributed by atoms with E-state index in [9.17, 15) is 14.4 Å². The maximum atomic E-state index is 12.8. The Kier molecular flexibility index (Phi) is 5.71. The second kappa shape index (κ2) is 8.97. The molecule has 1 fully saturated rings. The molecular formula is C26H25N5O3. The Bertz CT molecular complexity index is 1190. The van der Waals surface area contributed by atoms with Crippen molar-refractivity contribution in [2.75, 3.05) is 41.3 Å². The summed E-state index contributed by atoms with van der Waals surface area (Å²) in [6.07, 6.45) is 1.60. The van der Waals surface area contributed by atoms with Gasteiger partial charge in [0.1, 0.15) is 11.9 Å². The number of hydrogen-bond acceptors (Lipinski definition) is 6. The standard InChI is InChI=1S/C26H25N5O3/c1-18(31-25(33)21-9-5-6-10-22(21)26(31)34)24(32)28-19-11-12-23(27-17-19)30-15-13-29(14-16-30)20-7-3-2-4-8-20/h2-12,17-18H,13-16H2,1H3,(H,28,32). The molecule has 3 heterocycles. The number of aromatic nitrogens is 1. The monoisotopic (exact) mass is 455 g/mol. The van der Waals surface area contributed by atoms with Crippen molar-refractivity contribution in [3.8, 4) is 0 Å². The van der Waals surface area contributed by atoms with Gasteiger partial charge in [0, 0.05) is 31.9 Å². The van der Waals surface area contributed by atoms with Crippen LogP contribution in [0.1, 0.15) is 27.6 Å². The summed E-state index contributed by atoms with van der Waals surface area (Å²) in [7, 11) is 0. The van der Waals surface area contributed by atoms with Crippen molar-refractivity contribution in [3.63, 3.8) is 0 Å². The molecular weight excluding hydrogens is 430 g/mol. The summed E-state index contributed by atoms with van der Waals surface area (Å²) < 4.78 is 0. The van der Waals surface area contributed by atoms with E-state index in [2.05, 4.69) is 32.2 Å². The fourth-order valence-electron chi connectivity index (χ4n) is 4.40. The molecule has 1 saturated heterocycles. The Morgan fingerprint density at radius 1 is 0.824 bits per heavy atom. The molecule has 34 heavy (non-hydrogen) atoms. The second-order valence-corrected chi connectivity index (χ2v) is 8.41. The van der Waals surface area contributed by atoms with Gasteiger partial charge in [0.2, 0.25) is 5.91 Å². The number of nitrogens with one attached hydrogen (secondary N) is 1. The number of para-hydroxylation sites is 1. The molecule has 172 valence electrons. The van der Waals surface area contributed by atoms with Crippen LogP contribution in [0.15, 0.2) is 72.9 Å². The fourth-order valence-corrected chi connectivity index (χ4v) is 4.40. The number of amides is 3. The first-order valence-electron chi connectivity index (χ1n) is 11.3. The van der Waals surface area contributed by atoms with Gasteiger partial charge in [-0.2, -0.15) is 0 Å². The molecule has 3 aromatic rings. The van der Waals surface area contributed by atoms with E-state index in [1.165, 1.54) is 5.69 Å². The molecule has 2 aromatic carbocycles. The van der Waals surface area contributed by atoms with Gasteiger partial charge in [-0.15, -0.1) is 0 Å². The number of carbonyl (C=O) groups excluding carboxylic acids is 3. The minimum atomic E-state index is -0.946. The topological polar surface area (TPSA) is 85.8 Å². The number of nitrogens with zero attached hydrogens (tertiary/aromatic N) is 4. The van der Waals surface area contributed by atoms with E-state index in [-0.39, 0.29) is 0 Å². The van der Waals surface area contributed by atoms with Crippen molar-refractivity contribution >= 4 is 34.9 Å². The molecule has 2 aliphatic heterocycles. The molecule has 0 radical (unpaired) electrons. The summed E-state index contributed by atoms with van der Waals surface area (Å²) in [5.74, 6) is -0.502. The molecule has 0 spiro atoms. The quantitative estimate of drug-likeness (QED) is 0.596. The van der Waals surface area contributed by atoms with Gasteiger partial charge in [-0.1, -0.05) is 30.3 Å². The van der Waals surface area contributed by atoms with Crippen LogP contribution in [-0.4, -0.2) is 59.8 Å². The van der Waals surface area contributed by atoms with Gasteiger partial charge in [-0.05, 0) is 43.3 Å². The number of rotatable bonds is 5. The van der Waals surface area contributed by atoms with E-state index in [4.69, 9.17) is 0 Å². The van der Waals surface area contributed by atoms with Gasteiger partial charge in [0.05, 0.1) is 23.0 Å². The van der Waals surface area contributed by atoms with Gasteiger partial charge >= 0.3 is 0 Å². The first-order valence-corrected chi connectivity index (χ1v) is 11.3. The zero-order valence-electron chi connectivity index (χ0n) is 18.8. The zero-order valence-corrected chi connectivity index (χ0v) is 18.8. The van der Waals surface area contributed by atoms with E-state index in [1.807, 2.05) is 24.3 Å². The van der Waals surface area contributed by atoms with E-state index < -0.39 is 23.8 Å². The summed E-state index contributed by atoms with van der Waals surface area (Å²) in [5, 5.41) is 2.77. The third-order valence-corrected chi connectivity index (χ3v) is 6.33. The Balaban J connectivity index is 1.19. The van der Waals surface area contributed by atoms with Crippen LogP contribution < -0.4 is 15.1 Å². The van der Waals surface area contributed by atoms with Crippen LogP contribution in [0.4, 0.5) is 17.2 Å². The van der Waals surface area contributed by atoms with E-state index in [0.29, 0.717) is 16.8 Å². The lowest BCUT2D eigenvalue weighted by Gasteiger charge is -2.36. The molecule has 2 aliphatic rings. The minimum absolute atomic E-state index is 0.325. The lowest BCUT2D eigenvalue weighted by molar-refractivity contribution is -0.119. The van der Waals surface area contributed by atoms with E-state index >= 15 is 0 Å². The molecule has 8 heteroatoms. The van der Waals surface area contributed by atoms with Gasteiger partial charge < -0.3 is 15.1 Å². The van der Waals surface area contributed by atoms with Crippen molar-refractivity contribution in [2.24, 2.45) is 0 Å². The van der Waals surface area contributed by atoms with E-state index in [1.54, 1.807) is 43.5 Å². The lowest BCUT2D eigenvalue weighted by atomic mass is 10.1. The Hall–Kier alpha value is -4.20. The maximum Gasteiger partial charge on any atom is 0.262 e. The molecule has 0 saturated carbocycles. The lowest BCUT2D eigenvalue weighted by Crippen LogP contribution is -2.46. The van der Waals surface area contributed by atoms with Gasteiger partial charge in [-0.3, -0.25) is 19.3 Å². The van der Waals surface area contributed by atoms with Crippen LogP contribution in [0.2, 0.25) is 0 Å². The zero-order chi connectivity index (χ0) is 23.7.